The summed E-state index contributed by atoms with van der Waals surface area (Å²) in [5, 5.41) is 2.80. The van der Waals surface area contributed by atoms with Crippen LogP contribution in [0.4, 0.5) is 10.1 Å². The number of hydrogen-bond donors (Lipinski definition) is 1. The van der Waals surface area contributed by atoms with Crippen molar-refractivity contribution >= 4 is 27.5 Å². The van der Waals surface area contributed by atoms with Gasteiger partial charge in [0, 0.05) is 11.3 Å². The van der Waals surface area contributed by atoms with Crippen molar-refractivity contribution in [1.82, 2.24) is 0 Å². The third-order valence-corrected chi connectivity index (χ3v) is 4.49. The zero-order valence-electron chi connectivity index (χ0n) is 10.9. The smallest absolute Gasteiger partial charge is 0.228 e. The minimum atomic E-state index is -0.229. The van der Waals surface area contributed by atoms with E-state index in [2.05, 4.69) is 21.2 Å². The number of alkyl halides is 1. The topological polar surface area (TPSA) is 29.1 Å². The molecule has 2 nitrogen and oxygen atoms in total. The van der Waals surface area contributed by atoms with E-state index in [0.29, 0.717) is 12.0 Å². The molecule has 0 aromatic heterocycles. The Morgan fingerprint density at radius 1 is 1.25 bits per heavy atom. The highest BCUT2D eigenvalue weighted by molar-refractivity contribution is 9.09. The lowest BCUT2D eigenvalue weighted by atomic mass is 10.00. The summed E-state index contributed by atoms with van der Waals surface area (Å²) >= 11 is 3.56. The fraction of sp³-hybridized carbons (Fsp3) is 0.188. The minimum absolute atomic E-state index is 0.00464. The molecule has 1 heterocycles. The lowest BCUT2D eigenvalue weighted by Gasteiger charge is -2.13. The number of fused-ring (bicyclic) bond motifs is 1. The van der Waals surface area contributed by atoms with Gasteiger partial charge < -0.3 is 5.32 Å². The summed E-state index contributed by atoms with van der Waals surface area (Å²) in [4.78, 5) is 11.1. The Bertz CT molecular complexity index is 699. The fourth-order valence-corrected chi connectivity index (χ4v) is 3.08. The maximum atomic E-state index is 13.9. The van der Waals surface area contributed by atoms with Crippen LogP contribution in [-0.4, -0.2) is 5.91 Å². The zero-order chi connectivity index (χ0) is 14.3. The molecule has 1 atom stereocenters. The Labute approximate surface area is 125 Å². The van der Waals surface area contributed by atoms with Gasteiger partial charge in [-0.2, -0.15) is 0 Å². The molecule has 1 aliphatic rings. The molecule has 0 saturated heterocycles. The van der Waals surface area contributed by atoms with Gasteiger partial charge in [0.2, 0.25) is 5.91 Å². The maximum absolute atomic E-state index is 13.9. The Kier molecular flexibility index (Phi) is 3.34. The van der Waals surface area contributed by atoms with E-state index in [0.717, 1.165) is 22.4 Å². The molecule has 0 bridgehead atoms. The second kappa shape index (κ2) is 5.02. The maximum Gasteiger partial charge on any atom is 0.228 e. The molecule has 102 valence electrons. The van der Waals surface area contributed by atoms with Crippen LogP contribution in [0.15, 0.2) is 36.4 Å². The number of benzene rings is 2. The van der Waals surface area contributed by atoms with Gasteiger partial charge in [0.1, 0.15) is 5.82 Å². The van der Waals surface area contributed by atoms with Gasteiger partial charge in [-0.3, -0.25) is 4.79 Å². The molecule has 0 spiro atoms. The Balaban J connectivity index is 1.99. The summed E-state index contributed by atoms with van der Waals surface area (Å²) in [7, 11) is 0. The number of carbonyl (C=O) groups excluding carboxylic acids is 1. The molecule has 1 amide bonds. The summed E-state index contributed by atoms with van der Waals surface area (Å²) in [6.07, 6.45) is 0.388. The average molecular weight is 334 g/mol. The van der Waals surface area contributed by atoms with Crippen LogP contribution in [-0.2, 0) is 11.2 Å². The fourth-order valence-electron chi connectivity index (χ4n) is 2.44. The molecular formula is C16H13BrFNO. The van der Waals surface area contributed by atoms with Crippen molar-refractivity contribution < 1.29 is 9.18 Å². The zero-order valence-corrected chi connectivity index (χ0v) is 12.5. The molecule has 4 heteroatoms. The molecule has 1 aliphatic heterocycles. The highest BCUT2D eigenvalue weighted by Gasteiger charge is 2.21. The molecule has 2 aromatic carbocycles. The summed E-state index contributed by atoms with van der Waals surface area (Å²) < 4.78 is 13.9. The predicted molar refractivity (Wildman–Crippen MR) is 80.7 cm³/mol. The van der Waals surface area contributed by atoms with Crippen molar-refractivity contribution in [2.24, 2.45) is 0 Å². The molecule has 3 rings (SSSR count). The van der Waals surface area contributed by atoms with Gasteiger partial charge in [-0.15, -0.1) is 0 Å². The van der Waals surface area contributed by atoms with Crippen molar-refractivity contribution in [3.05, 3.63) is 64.5 Å². The van der Waals surface area contributed by atoms with Crippen molar-refractivity contribution in [1.29, 1.82) is 0 Å². The first kappa shape index (κ1) is 13.3. The molecular weight excluding hydrogens is 321 g/mol. The van der Waals surface area contributed by atoms with Crippen molar-refractivity contribution in [2.45, 2.75) is 18.2 Å². The van der Waals surface area contributed by atoms with Crippen LogP contribution in [0.2, 0.25) is 0 Å². The first-order valence-corrected chi connectivity index (χ1v) is 7.29. The third kappa shape index (κ3) is 2.36. The number of carbonyl (C=O) groups is 1. The van der Waals surface area contributed by atoms with E-state index in [4.69, 9.17) is 0 Å². The molecule has 2 aromatic rings. The van der Waals surface area contributed by atoms with Crippen molar-refractivity contribution in [3.8, 4) is 0 Å². The van der Waals surface area contributed by atoms with Gasteiger partial charge in [-0.05, 0) is 30.2 Å². The number of halogens is 2. The van der Waals surface area contributed by atoms with E-state index in [9.17, 15) is 9.18 Å². The van der Waals surface area contributed by atoms with Crippen molar-refractivity contribution in [3.63, 3.8) is 0 Å². The summed E-state index contributed by atoms with van der Waals surface area (Å²) in [6.45, 7) is 1.94. The quantitative estimate of drug-likeness (QED) is 0.823. The van der Waals surface area contributed by atoms with Crippen LogP contribution in [0.25, 0.3) is 0 Å². The van der Waals surface area contributed by atoms with Gasteiger partial charge in [0.15, 0.2) is 0 Å². The van der Waals surface area contributed by atoms with E-state index in [1.165, 1.54) is 6.07 Å². The standard InChI is InChI=1S/C16H13BrFNO/c1-9-2-4-13(18)12(6-9)16(17)10-3-5-14-11(7-10)8-15(20)19-14/h2-7,16H,8H2,1H3,(H,19,20). The number of nitrogens with one attached hydrogen (secondary N) is 1. The Morgan fingerprint density at radius 2 is 2.05 bits per heavy atom. The van der Waals surface area contributed by atoms with Gasteiger partial charge in [-0.25, -0.2) is 4.39 Å². The Morgan fingerprint density at radius 3 is 2.85 bits per heavy atom. The highest BCUT2D eigenvalue weighted by atomic mass is 79.9. The lowest BCUT2D eigenvalue weighted by Crippen LogP contribution is -2.03. The number of rotatable bonds is 2. The van der Waals surface area contributed by atoms with Gasteiger partial charge >= 0.3 is 0 Å². The van der Waals surface area contributed by atoms with Crippen LogP contribution in [0.3, 0.4) is 0 Å². The van der Waals surface area contributed by atoms with Gasteiger partial charge in [0.25, 0.3) is 0 Å². The normalized spacial score (nSPS) is 14.8. The molecule has 1 N–H and O–H groups in total. The van der Waals surface area contributed by atoms with Gasteiger partial charge in [0.05, 0.1) is 11.2 Å². The monoisotopic (exact) mass is 333 g/mol. The number of anilines is 1. The van der Waals surface area contributed by atoms with Crippen molar-refractivity contribution in [2.75, 3.05) is 5.32 Å². The average Bonchev–Trinajstić information content (AvgIpc) is 2.79. The second-order valence-electron chi connectivity index (χ2n) is 5.03. The molecule has 0 radical (unpaired) electrons. The summed E-state index contributed by atoms with van der Waals surface area (Å²) in [5.41, 5.74) is 4.39. The van der Waals surface area contributed by atoms with Crippen LogP contribution >= 0.6 is 15.9 Å². The number of amides is 1. The van der Waals surface area contributed by atoms with Crippen LogP contribution in [0, 0.1) is 12.7 Å². The second-order valence-corrected chi connectivity index (χ2v) is 5.94. The SMILES string of the molecule is Cc1ccc(F)c(C(Br)c2ccc3c(c2)CC(=O)N3)c1. The van der Waals surface area contributed by atoms with Crippen LogP contribution < -0.4 is 5.32 Å². The molecule has 0 saturated carbocycles. The lowest BCUT2D eigenvalue weighted by molar-refractivity contribution is -0.115. The first-order valence-electron chi connectivity index (χ1n) is 6.37. The summed E-state index contributed by atoms with van der Waals surface area (Å²) in [6, 6.07) is 10.8. The minimum Gasteiger partial charge on any atom is -0.326 e. The number of aryl methyl sites for hydroxylation is 1. The van der Waals surface area contributed by atoms with E-state index in [1.807, 2.05) is 31.2 Å². The molecule has 0 fully saturated rings. The molecule has 1 unspecified atom stereocenters. The largest absolute Gasteiger partial charge is 0.326 e. The van der Waals surface area contributed by atoms with E-state index in [1.54, 1.807) is 6.07 Å². The predicted octanol–water partition coefficient (Wildman–Crippen LogP) is 4.11. The first-order chi connectivity index (χ1) is 9.54. The van der Waals surface area contributed by atoms with E-state index in [-0.39, 0.29) is 16.6 Å². The Hall–Kier alpha value is -1.68. The molecule has 20 heavy (non-hydrogen) atoms. The summed E-state index contributed by atoms with van der Waals surface area (Å²) in [5.74, 6) is -0.225. The van der Waals surface area contributed by atoms with Crippen LogP contribution in [0.5, 0.6) is 0 Å². The van der Waals surface area contributed by atoms with Gasteiger partial charge in [-0.1, -0.05) is 45.8 Å². The third-order valence-electron chi connectivity index (χ3n) is 3.47. The highest BCUT2D eigenvalue weighted by Crippen LogP contribution is 2.35. The van der Waals surface area contributed by atoms with E-state index < -0.39 is 0 Å². The number of hydrogen-bond acceptors (Lipinski definition) is 1. The van der Waals surface area contributed by atoms with Crippen LogP contribution in [0.1, 0.15) is 27.1 Å². The molecule has 0 aliphatic carbocycles. The van der Waals surface area contributed by atoms with E-state index >= 15 is 0 Å².